The molecule has 1 amide bonds. The quantitative estimate of drug-likeness (QED) is 0.317. The first-order valence-electron chi connectivity index (χ1n) is 11.2. The lowest BCUT2D eigenvalue weighted by atomic mass is 10.1. The first-order chi connectivity index (χ1) is 17.7. The highest BCUT2D eigenvalue weighted by Gasteiger charge is 2.30. The van der Waals surface area contributed by atoms with E-state index >= 15 is 0 Å². The van der Waals surface area contributed by atoms with E-state index in [0.717, 1.165) is 17.7 Å². The van der Waals surface area contributed by atoms with Gasteiger partial charge in [0.2, 0.25) is 0 Å². The number of nitrogens with zero attached hydrogens (tertiary/aromatic N) is 5. The number of pyridine rings is 1. The van der Waals surface area contributed by atoms with Gasteiger partial charge in [-0.25, -0.2) is 9.97 Å². The van der Waals surface area contributed by atoms with Crippen LogP contribution in [0, 0.1) is 6.92 Å². The zero-order chi connectivity index (χ0) is 26.2. The normalized spacial score (nSPS) is 11.5. The van der Waals surface area contributed by atoms with Crippen LogP contribution in [0.3, 0.4) is 0 Å². The van der Waals surface area contributed by atoms with Crippen LogP contribution in [0.5, 0.6) is 0 Å². The van der Waals surface area contributed by atoms with Crippen molar-refractivity contribution >= 4 is 34.1 Å². The predicted molar refractivity (Wildman–Crippen MR) is 133 cm³/mol. The largest absolute Gasteiger partial charge is 0.416 e. The fraction of sp³-hybridized carbons (Fsp3) is 0.115. The summed E-state index contributed by atoms with van der Waals surface area (Å²) in [7, 11) is 1.77. The van der Waals surface area contributed by atoms with Crippen molar-refractivity contribution in [2.24, 2.45) is 7.05 Å². The van der Waals surface area contributed by atoms with Gasteiger partial charge >= 0.3 is 6.18 Å². The van der Waals surface area contributed by atoms with E-state index in [1.807, 2.05) is 6.07 Å². The van der Waals surface area contributed by atoms with Crippen LogP contribution in [-0.2, 0) is 13.2 Å². The minimum absolute atomic E-state index is 0.0477. The summed E-state index contributed by atoms with van der Waals surface area (Å²) in [6.07, 6.45) is 0.449. The van der Waals surface area contributed by atoms with Gasteiger partial charge in [-0.3, -0.25) is 14.5 Å². The molecule has 5 rings (SSSR count). The highest BCUT2D eigenvalue weighted by atomic mass is 19.4. The number of nitrogens with one attached hydrogen (secondary N) is 2. The van der Waals surface area contributed by atoms with Crippen molar-refractivity contribution in [3.05, 3.63) is 89.9 Å². The predicted octanol–water partition coefficient (Wildman–Crippen LogP) is 5.75. The molecule has 0 fully saturated rings. The maximum absolute atomic E-state index is 13.1. The van der Waals surface area contributed by atoms with Gasteiger partial charge in [-0.2, -0.15) is 18.3 Å². The van der Waals surface area contributed by atoms with Crippen LogP contribution in [-0.4, -0.2) is 30.6 Å². The molecule has 0 radical (unpaired) electrons. The van der Waals surface area contributed by atoms with Gasteiger partial charge in [0.1, 0.15) is 5.82 Å². The Labute approximate surface area is 209 Å². The first kappa shape index (κ1) is 23.9. The second-order valence-electron chi connectivity index (χ2n) is 8.28. The SMILES string of the molecule is Cc1c(Nc2nc(-c3cccnc3)nc3c2cnn3C)cccc1C(=O)Nc1cccc(C(F)(F)F)c1. The summed E-state index contributed by atoms with van der Waals surface area (Å²) in [5.74, 6) is 0.393. The third-order valence-electron chi connectivity index (χ3n) is 5.79. The number of carbonyl (C=O) groups excluding carboxylic acids is 1. The lowest BCUT2D eigenvalue weighted by molar-refractivity contribution is -0.137. The molecule has 0 aliphatic heterocycles. The van der Waals surface area contributed by atoms with Crippen molar-refractivity contribution < 1.29 is 18.0 Å². The number of anilines is 3. The number of benzene rings is 2. The molecule has 8 nitrogen and oxygen atoms in total. The van der Waals surface area contributed by atoms with Crippen molar-refractivity contribution in [1.82, 2.24) is 24.7 Å². The van der Waals surface area contributed by atoms with Crippen molar-refractivity contribution in [3.63, 3.8) is 0 Å². The maximum Gasteiger partial charge on any atom is 0.416 e. The van der Waals surface area contributed by atoms with Crippen LogP contribution >= 0.6 is 0 Å². The summed E-state index contributed by atoms with van der Waals surface area (Å²) in [6.45, 7) is 1.74. The molecule has 0 aliphatic rings. The summed E-state index contributed by atoms with van der Waals surface area (Å²) in [5, 5.41) is 10.8. The van der Waals surface area contributed by atoms with Crippen molar-refractivity contribution in [1.29, 1.82) is 0 Å². The molecule has 3 aromatic heterocycles. The van der Waals surface area contributed by atoms with Crippen LogP contribution < -0.4 is 10.6 Å². The van der Waals surface area contributed by atoms with Crippen LogP contribution in [0.2, 0.25) is 0 Å². The summed E-state index contributed by atoms with van der Waals surface area (Å²) >= 11 is 0. The van der Waals surface area contributed by atoms with Gasteiger partial charge in [0.15, 0.2) is 11.5 Å². The van der Waals surface area contributed by atoms with E-state index in [-0.39, 0.29) is 5.69 Å². The third-order valence-corrected chi connectivity index (χ3v) is 5.79. The maximum atomic E-state index is 13.1. The molecule has 0 unspecified atom stereocenters. The Hall–Kier alpha value is -4.80. The van der Waals surface area contributed by atoms with Gasteiger partial charge in [0.25, 0.3) is 5.91 Å². The van der Waals surface area contributed by atoms with Crippen LogP contribution in [0.4, 0.5) is 30.4 Å². The standard InChI is InChI=1S/C26H20F3N7O/c1-15-19(25(37)32-18-8-3-7-17(12-18)26(27,28)29)9-4-10-21(15)33-23-20-14-31-36(2)24(20)35-22(34-23)16-6-5-11-30-13-16/h3-14H,1-2H3,(H,32,37)(H,33,34,35). The second-order valence-corrected chi connectivity index (χ2v) is 8.28. The number of carbonyl (C=O) groups is 1. The molecular formula is C26H20F3N7O. The number of hydrogen-bond donors (Lipinski definition) is 2. The number of hydrogen-bond acceptors (Lipinski definition) is 6. The minimum atomic E-state index is -4.51. The number of aromatic nitrogens is 5. The molecule has 5 aromatic rings. The zero-order valence-corrected chi connectivity index (χ0v) is 19.7. The molecule has 37 heavy (non-hydrogen) atoms. The molecule has 0 saturated heterocycles. The Morgan fingerprint density at radius 3 is 2.57 bits per heavy atom. The Balaban J connectivity index is 1.48. The zero-order valence-electron chi connectivity index (χ0n) is 19.7. The highest BCUT2D eigenvalue weighted by molar-refractivity contribution is 6.06. The number of alkyl halides is 3. The molecule has 2 N–H and O–H groups in total. The summed E-state index contributed by atoms with van der Waals surface area (Å²) < 4.78 is 40.8. The summed E-state index contributed by atoms with van der Waals surface area (Å²) in [6, 6.07) is 13.2. The monoisotopic (exact) mass is 503 g/mol. The van der Waals surface area contributed by atoms with Gasteiger partial charge in [0.05, 0.1) is 17.1 Å². The van der Waals surface area contributed by atoms with E-state index < -0.39 is 17.6 Å². The van der Waals surface area contributed by atoms with Gasteiger partial charge in [-0.1, -0.05) is 12.1 Å². The highest BCUT2D eigenvalue weighted by Crippen LogP contribution is 2.32. The van der Waals surface area contributed by atoms with Crippen LogP contribution in [0.25, 0.3) is 22.4 Å². The average molecular weight is 503 g/mol. The van der Waals surface area contributed by atoms with E-state index in [2.05, 4.69) is 30.7 Å². The molecule has 0 saturated carbocycles. The Morgan fingerprint density at radius 1 is 1.00 bits per heavy atom. The molecule has 2 aromatic carbocycles. The van der Waals surface area contributed by atoms with Crippen LogP contribution in [0.1, 0.15) is 21.5 Å². The van der Waals surface area contributed by atoms with E-state index in [0.29, 0.717) is 39.5 Å². The fourth-order valence-electron chi connectivity index (χ4n) is 3.86. The van der Waals surface area contributed by atoms with E-state index in [9.17, 15) is 18.0 Å². The van der Waals surface area contributed by atoms with Crippen molar-refractivity contribution in [2.45, 2.75) is 13.1 Å². The number of aryl methyl sites for hydroxylation is 1. The lowest BCUT2D eigenvalue weighted by Gasteiger charge is -2.15. The van der Waals surface area contributed by atoms with Crippen molar-refractivity contribution in [2.75, 3.05) is 10.6 Å². The molecule has 0 atom stereocenters. The molecular weight excluding hydrogens is 483 g/mol. The Bertz CT molecular complexity index is 1610. The van der Waals surface area contributed by atoms with Gasteiger partial charge in [0, 0.05) is 41.9 Å². The number of amides is 1. The summed E-state index contributed by atoms with van der Waals surface area (Å²) in [4.78, 5) is 26.4. The Kier molecular flexibility index (Phi) is 6.04. The van der Waals surface area contributed by atoms with E-state index in [1.165, 1.54) is 12.1 Å². The van der Waals surface area contributed by atoms with E-state index in [4.69, 9.17) is 0 Å². The third kappa shape index (κ3) is 4.83. The summed E-state index contributed by atoms with van der Waals surface area (Å²) in [5.41, 5.74) is 2.01. The number of halogens is 3. The number of rotatable bonds is 5. The molecule has 186 valence electrons. The first-order valence-corrected chi connectivity index (χ1v) is 11.2. The van der Waals surface area contributed by atoms with E-state index in [1.54, 1.807) is 61.5 Å². The lowest BCUT2D eigenvalue weighted by Crippen LogP contribution is -2.15. The number of fused-ring (bicyclic) bond motifs is 1. The molecule has 0 bridgehead atoms. The smallest absolute Gasteiger partial charge is 0.339 e. The van der Waals surface area contributed by atoms with Crippen molar-refractivity contribution in [3.8, 4) is 11.4 Å². The molecule has 0 aliphatic carbocycles. The second kappa shape index (κ2) is 9.34. The Morgan fingerprint density at radius 2 is 1.81 bits per heavy atom. The van der Waals surface area contributed by atoms with Gasteiger partial charge in [-0.05, 0) is 55.0 Å². The van der Waals surface area contributed by atoms with Gasteiger partial charge in [-0.15, -0.1) is 0 Å². The van der Waals surface area contributed by atoms with Gasteiger partial charge < -0.3 is 10.6 Å². The fourth-order valence-corrected chi connectivity index (χ4v) is 3.86. The molecule has 3 heterocycles. The molecule has 0 spiro atoms. The topological polar surface area (TPSA) is 97.6 Å². The van der Waals surface area contributed by atoms with Crippen LogP contribution in [0.15, 0.2) is 73.2 Å². The average Bonchev–Trinajstić information content (AvgIpc) is 3.26. The molecule has 11 heteroatoms. The minimum Gasteiger partial charge on any atom is -0.339 e.